The molecule has 6 heteroatoms. The fourth-order valence-electron chi connectivity index (χ4n) is 2.79. The number of hydrogen-bond acceptors (Lipinski definition) is 4. The van der Waals surface area contributed by atoms with Gasteiger partial charge in [-0.05, 0) is 45.2 Å². The van der Waals surface area contributed by atoms with E-state index in [9.17, 15) is 4.79 Å². The van der Waals surface area contributed by atoms with Gasteiger partial charge in [-0.25, -0.2) is 9.78 Å². The van der Waals surface area contributed by atoms with Crippen LogP contribution in [-0.4, -0.2) is 40.8 Å². The molecule has 1 fully saturated rings. The van der Waals surface area contributed by atoms with E-state index in [-0.39, 0.29) is 11.6 Å². The van der Waals surface area contributed by atoms with E-state index in [0.29, 0.717) is 17.5 Å². The third-order valence-corrected chi connectivity index (χ3v) is 4.91. The number of rotatable bonds is 5. The first-order valence-electron chi connectivity index (χ1n) is 9.01. The zero-order valence-corrected chi connectivity index (χ0v) is 16.9. The highest BCUT2D eigenvalue weighted by atomic mass is 35.5. The molecule has 1 heterocycles. The topological polar surface area (TPSA) is 51.7 Å². The molecular formula is C21H25ClN2O3. The average molecular weight is 389 g/mol. The fraction of sp³-hybridized carbons (Fsp3) is 0.429. The number of carbonyl (C=O) groups excluding carboxylic acids is 1. The normalized spacial score (nSPS) is 15.1. The molecule has 1 aromatic carbocycles. The quantitative estimate of drug-likeness (QED) is 0.662. The van der Waals surface area contributed by atoms with Crippen LogP contribution in [0.4, 0.5) is 4.79 Å². The van der Waals surface area contributed by atoms with Crippen molar-refractivity contribution >= 4 is 17.7 Å². The summed E-state index contributed by atoms with van der Waals surface area (Å²) in [5.74, 6) is 0.627. The second kappa shape index (κ2) is 7.39. The van der Waals surface area contributed by atoms with Crippen LogP contribution < -0.4 is 4.74 Å². The molecule has 0 aliphatic heterocycles. The molecule has 0 atom stereocenters. The van der Waals surface area contributed by atoms with Gasteiger partial charge < -0.3 is 14.4 Å². The molecule has 1 aliphatic carbocycles. The minimum atomic E-state index is -0.521. The summed E-state index contributed by atoms with van der Waals surface area (Å²) in [6, 6.07) is 11.7. The van der Waals surface area contributed by atoms with Gasteiger partial charge in [0.1, 0.15) is 23.1 Å². The maximum absolute atomic E-state index is 12.4. The van der Waals surface area contributed by atoms with Crippen LogP contribution >= 0.6 is 11.6 Å². The van der Waals surface area contributed by atoms with E-state index in [1.165, 1.54) is 0 Å². The van der Waals surface area contributed by atoms with E-state index in [4.69, 9.17) is 21.1 Å². The Hall–Kier alpha value is -2.27. The Balaban J connectivity index is 1.69. The van der Waals surface area contributed by atoms with Crippen molar-refractivity contribution in [3.8, 4) is 16.9 Å². The highest BCUT2D eigenvalue weighted by Crippen LogP contribution is 2.42. The number of hydrogen-bond donors (Lipinski definition) is 0. The van der Waals surface area contributed by atoms with Crippen molar-refractivity contribution in [3.63, 3.8) is 0 Å². The fourth-order valence-corrected chi connectivity index (χ4v) is 3.00. The van der Waals surface area contributed by atoms with Crippen LogP contribution in [0.1, 0.15) is 33.6 Å². The van der Waals surface area contributed by atoms with Crippen LogP contribution in [0.25, 0.3) is 11.1 Å². The summed E-state index contributed by atoms with van der Waals surface area (Å²) >= 11 is 6.25. The number of benzene rings is 1. The molecule has 144 valence electrons. The van der Waals surface area contributed by atoms with Gasteiger partial charge in [0.05, 0.1) is 11.7 Å². The lowest BCUT2D eigenvalue weighted by molar-refractivity contribution is 0.0139. The molecule has 0 spiro atoms. The first kappa shape index (κ1) is 19.5. The molecule has 1 aliphatic rings. The number of nitrogens with zero attached hydrogens (tertiary/aromatic N) is 2. The lowest BCUT2D eigenvalue weighted by Gasteiger charge is -2.30. The maximum atomic E-state index is 12.4. The maximum Gasteiger partial charge on any atom is 0.410 e. The average Bonchev–Trinajstić information content (AvgIpc) is 3.41. The van der Waals surface area contributed by atoms with Gasteiger partial charge in [-0.15, -0.1) is 0 Å². The van der Waals surface area contributed by atoms with Crippen LogP contribution in [0.5, 0.6) is 5.75 Å². The van der Waals surface area contributed by atoms with Crippen LogP contribution in [0.2, 0.25) is 5.15 Å². The lowest BCUT2D eigenvalue weighted by Crippen LogP contribution is -2.45. The summed E-state index contributed by atoms with van der Waals surface area (Å²) in [4.78, 5) is 18.3. The second-order valence-corrected chi connectivity index (χ2v) is 8.29. The molecule has 27 heavy (non-hydrogen) atoms. The number of halogens is 1. The Morgan fingerprint density at radius 3 is 2.52 bits per heavy atom. The summed E-state index contributed by atoms with van der Waals surface area (Å²) in [7, 11) is 1.76. The number of amides is 1. The highest BCUT2D eigenvalue weighted by molar-refractivity contribution is 6.32. The van der Waals surface area contributed by atoms with E-state index in [0.717, 1.165) is 24.0 Å². The summed E-state index contributed by atoms with van der Waals surface area (Å²) in [5, 5.41) is 0.431. The molecule has 1 saturated carbocycles. The van der Waals surface area contributed by atoms with Crippen molar-refractivity contribution in [2.45, 2.75) is 44.8 Å². The van der Waals surface area contributed by atoms with Gasteiger partial charge in [-0.2, -0.15) is 0 Å². The predicted octanol–water partition coefficient (Wildman–Crippen LogP) is 5.18. The molecule has 0 unspecified atom stereocenters. The lowest BCUT2D eigenvalue weighted by atomic mass is 10.1. The summed E-state index contributed by atoms with van der Waals surface area (Å²) in [6.07, 6.45) is 3.05. The van der Waals surface area contributed by atoms with E-state index in [2.05, 4.69) is 4.98 Å². The molecule has 0 saturated heterocycles. The Morgan fingerprint density at radius 1 is 1.26 bits per heavy atom. The summed E-state index contributed by atoms with van der Waals surface area (Å²) < 4.78 is 11.5. The Labute approximate surface area is 165 Å². The van der Waals surface area contributed by atoms with Crippen LogP contribution in [0.15, 0.2) is 42.6 Å². The van der Waals surface area contributed by atoms with Gasteiger partial charge in [-0.1, -0.05) is 41.9 Å². The number of carbonyl (C=O) groups is 1. The van der Waals surface area contributed by atoms with Crippen molar-refractivity contribution < 1.29 is 14.3 Å². The van der Waals surface area contributed by atoms with Gasteiger partial charge in [-0.3, -0.25) is 0 Å². The first-order valence-corrected chi connectivity index (χ1v) is 9.39. The van der Waals surface area contributed by atoms with Crippen molar-refractivity contribution in [1.82, 2.24) is 9.88 Å². The molecule has 0 N–H and O–H groups in total. The van der Waals surface area contributed by atoms with E-state index < -0.39 is 5.60 Å². The molecule has 1 amide bonds. The molecule has 0 radical (unpaired) electrons. The molecule has 2 aromatic rings. The number of aromatic nitrogens is 1. The van der Waals surface area contributed by atoms with Gasteiger partial charge in [0.15, 0.2) is 0 Å². The van der Waals surface area contributed by atoms with E-state index in [1.807, 2.05) is 57.2 Å². The van der Waals surface area contributed by atoms with Crippen LogP contribution in [-0.2, 0) is 4.74 Å². The van der Waals surface area contributed by atoms with Crippen molar-refractivity contribution in [2.75, 3.05) is 13.7 Å². The second-order valence-electron chi connectivity index (χ2n) is 7.93. The van der Waals surface area contributed by atoms with E-state index >= 15 is 0 Å². The summed E-state index contributed by atoms with van der Waals surface area (Å²) in [6.45, 7) is 5.97. The van der Waals surface area contributed by atoms with Crippen molar-refractivity contribution in [1.29, 1.82) is 0 Å². The van der Waals surface area contributed by atoms with Crippen molar-refractivity contribution in [2.24, 2.45) is 0 Å². The minimum absolute atomic E-state index is 0.325. The zero-order chi connectivity index (χ0) is 19.7. The van der Waals surface area contributed by atoms with Gasteiger partial charge in [0.2, 0.25) is 0 Å². The SMILES string of the molecule is CN(C(=O)OC(C)(C)C)C1(COc2cnc(Cl)c(-c3ccccc3)c2)CC1. The van der Waals surface area contributed by atoms with Crippen LogP contribution in [0.3, 0.4) is 0 Å². The summed E-state index contributed by atoms with van der Waals surface area (Å²) in [5.41, 5.74) is 0.953. The number of ether oxygens (including phenoxy) is 2. The Morgan fingerprint density at radius 2 is 1.93 bits per heavy atom. The predicted molar refractivity (Wildman–Crippen MR) is 106 cm³/mol. The zero-order valence-electron chi connectivity index (χ0n) is 16.2. The first-order chi connectivity index (χ1) is 12.7. The minimum Gasteiger partial charge on any atom is -0.489 e. The molecular weight excluding hydrogens is 364 g/mol. The Bertz CT molecular complexity index is 814. The smallest absolute Gasteiger partial charge is 0.410 e. The van der Waals surface area contributed by atoms with Crippen LogP contribution in [0, 0.1) is 0 Å². The molecule has 3 rings (SSSR count). The Kier molecular flexibility index (Phi) is 5.33. The number of pyridine rings is 1. The monoisotopic (exact) mass is 388 g/mol. The van der Waals surface area contributed by atoms with Gasteiger partial charge in [0.25, 0.3) is 0 Å². The third-order valence-electron chi connectivity index (χ3n) is 4.61. The standard InChI is InChI=1S/C21H25ClN2O3/c1-20(2,3)27-19(25)24(4)21(10-11-21)14-26-16-12-17(18(22)23-13-16)15-8-6-5-7-9-15/h5-9,12-13H,10-11,14H2,1-4H3. The van der Waals surface area contributed by atoms with Gasteiger partial charge in [0, 0.05) is 12.6 Å². The number of likely N-dealkylation sites (N-methyl/N-ethyl adjacent to an activating group) is 1. The third kappa shape index (κ3) is 4.72. The highest BCUT2D eigenvalue weighted by Gasteiger charge is 2.50. The van der Waals surface area contributed by atoms with E-state index in [1.54, 1.807) is 18.1 Å². The molecule has 5 nitrogen and oxygen atoms in total. The molecule has 1 aromatic heterocycles. The van der Waals surface area contributed by atoms with Gasteiger partial charge >= 0.3 is 6.09 Å². The molecule has 0 bridgehead atoms. The largest absolute Gasteiger partial charge is 0.489 e. The van der Waals surface area contributed by atoms with Crippen molar-refractivity contribution in [3.05, 3.63) is 47.7 Å².